The molecule has 5 aromatic rings. The molecule has 6 nitrogen and oxygen atoms in total. The van der Waals surface area contributed by atoms with Gasteiger partial charge in [-0.2, -0.15) is 0 Å². The largest absolute Gasteiger partial charge is 0.467 e. The Labute approximate surface area is 183 Å². The van der Waals surface area contributed by atoms with E-state index in [0.29, 0.717) is 17.3 Å². The van der Waals surface area contributed by atoms with Crippen LogP contribution in [0.4, 0.5) is 0 Å². The van der Waals surface area contributed by atoms with Crippen molar-refractivity contribution >= 4 is 28.4 Å². The molecule has 154 valence electrons. The van der Waals surface area contributed by atoms with Crippen molar-refractivity contribution in [3.05, 3.63) is 90.0 Å². The van der Waals surface area contributed by atoms with Crippen LogP contribution in [0.1, 0.15) is 21.7 Å². The van der Waals surface area contributed by atoms with Gasteiger partial charge in [-0.25, -0.2) is 0 Å². The molecule has 0 atom stereocenters. The maximum atomic E-state index is 12.9. The number of hydrogen-bond acceptors (Lipinski definition) is 5. The third kappa shape index (κ3) is 3.80. The monoisotopic (exact) mass is 428 g/mol. The van der Waals surface area contributed by atoms with Crippen LogP contribution in [-0.2, 0) is 6.54 Å². The maximum Gasteiger partial charge on any atom is 0.192 e. The number of para-hydroxylation sites is 1. The highest BCUT2D eigenvalue weighted by Gasteiger charge is 2.19. The highest BCUT2D eigenvalue weighted by atomic mass is 32.2. The fourth-order valence-electron chi connectivity index (χ4n) is 3.63. The van der Waals surface area contributed by atoms with Crippen molar-refractivity contribution in [2.45, 2.75) is 18.6 Å². The Balaban J connectivity index is 1.44. The van der Waals surface area contributed by atoms with Gasteiger partial charge in [0, 0.05) is 28.2 Å². The normalized spacial score (nSPS) is 11.3. The molecule has 31 heavy (non-hydrogen) atoms. The number of benzene rings is 2. The fourth-order valence-corrected chi connectivity index (χ4v) is 4.45. The predicted molar refractivity (Wildman–Crippen MR) is 121 cm³/mol. The summed E-state index contributed by atoms with van der Waals surface area (Å²) in [7, 11) is 0. The summed E-state index contributed by atoms with van der Waals surface area (Å²) >= 11 is 1.39. The standard InChI is InChI=1S/C24H20N4O2S/c1-16-7-2-3-9-18(16)23-26-27-24(28(23)14-17-8-6-12-30-17)31-15-22(29)20-13-25-21-11-5-4-10-19(20)21/h2-13,25H,14-15H2,1H3. The molecule has 0 saturated heterocycles. The number of rotatable bonds is 7. The number of aromatic amines is 1. The van der Waals surface area contributed by atoms with Gasteiger partial charge in [0.05, 0.1) is 18.6 Å². The number of ketones is 1. The van der Waals surface area contributed by atoms with Gasteiger partial charge in [0.1, 0.15) is 5.76 Å². The second kappa shape index (κ2) is 8.28. The summed E-state index contributed by atoms with van der Waals surface area (Å²) in [6, 6.07) is 19.7. The van der Waals surface area contributed by atoms with Gasteiger partial charge in [-0.05, 0) is 30.7 Å². The molecule has 7 heteroatoms. The van der Waals surface area contributed by atoms with E-state index in [1.165, 1.54) is 11.8 Å². The van der Waals surface area contributed by atoms with Crippen molar-refractivity contribution in [2.24, 2.45) is 0 Å². The van der Waals surface area contributed by atoms with E-state index in [1.54, 1.807) is 12.5 Å². The lowest BCUT2D eigenvalue weighted by atomic mass is 10.1. The molecule has 0 unspecified atom stereocenters. The minimum atomic E-state index is 0.0486. The molecule has 0 aliphatic heterocycles. The summed E-state index contributed by atoms with van der Waals surface area (Å²) in [6.45, 7) is 2.54. The number of H-pyrrole nitrogens is 1. The van der Waals surface area contributed by atoms with Crippen LogP contribution in [0.15, 0.2) is 82.7 Å². The van der Waals surface area contributed by atoms with E-state index >= 15 is 0 Å². The topological polar surface area (TPSA) is 76.7 Å². The van der Waals surface area contributed by atoms with Gasteiger partial charge in [-0.1, -0.05) is 54.2 Å². The minimum absolute atomic E-state index is 0.0486. The van der Waals surface area contributed by atoms with Crippen molar-refractivity contribution in [2.75, 3.05) is 5.75 Å². The van der Waals surface area contributed by atoms with E-state index < -0.39 is 0 Å². The van der Waals surface area contributed by atoms with Crippen molar-refractivity contribution in [3.63, 3.8) is 0 Å². The molecule has 0 spiro atoms. The number of thioether (sulfide) groups is 1. The van der Waals surface area contributed by atoms with E-state index in [9.17, 15) is 4.79 Å². The third-order valence-electron chi connectivity index (χ3n) is 5.22. The van der Waals surface area contributed by atoms with Crippen molar-refractivity contribution in [1.29, 1.82) is 0 Å². The van der Waals surface area contributed by atoms with Gasteiger partial charge < -0.3 is 9.40 Å². The molecule has 0 amide bonds. The minimum Gasteiger partial charge on any atom is -0.467 e. The summed E-state index contributed by atoms with van der Waals surface area (Å²) < 4.78 is 7.57. The number of hydrogen-bond donors (Lipinski definition) is 1. The zero-order chi connectivity index (χ0) is 21.2. The Bertz CT molecular complexity index is 1350. The van der Waals surface area contributed by atoms with Gasteiger partial charge in [0.25, 0.3) is 0 Å². The van der Waals surface area contributed by atoms with Crippen molar-refractivity contribution in [3.8, 4) is 11.4 Å². The van der Waals surface area contributed by atoms with Crippen LogP contribution in [-0.4, -0.2) is 31.3 Å². The molecule has 0 saturated carbocycles. The van der Waals surface area contributed by atoms with E-state index in [2.05, 4.69) is 28.2 Å². The van der Waals surface area contributed by atoms with Gasteiger partial charge >= 0.3 is 0 Å². The average molecular weight is 429 g/mol. The summed E-state index contributed by atoms with van der Waals surface area (Å²) in [5, 5.41) is 10.5. The molecular weight excluding hydrogens is 408 g/mol. The van der Waals surface area contributed by atoms with Crippen LogP contribution in [0.25, 0.3) is 22.3 Å². The third-order valence-corrected chi connectivity index (χ3v) is 6.19. The number of Topliss-reactive ketones (excluding diaryl/α,β-unsaturated/α-hetero) is 1. The van der Waals surface area contributed by atoms with Crippen LogP contribution in [0, 0.1) is 6.92 Å². The zero-order valence-corrected chi connectivity index (χ0v) is 17.7. The maximum absolute atomic E-state index is 12.9. The second-order valence-electron chi connectivity index (χ2n) is 7.25. The van der Waals surface area contributed by atoms with Crippen molar-refractivity contribution in [1.82, 2.24) is 19.7 Å². The van der Waals surface area contributed by atoms with E-state index in [0.717, 1.165) is 33.6 Å². The average Bonchev–Trinajstić information content (AvgIpc) is 3.53. The summed E-state index contributed by atoms with van der Waals surface area (Å²) in [5.74, 6) is 1.88. The molecule has 0 fully saturated rings. The Morgan fingerprint density at radius 3 is 2.74 bits per heavy atom. The lowest BCUT2D eigenvalue weighted by Crippen LogP contribution is -2.07. The predicted octanol–water partition coefficient (Wildman–Crippen LogP) is 5.35. The molecule has 5 rings (SSSR count). The molecule has 3 aromatic heterocycles. The quantitative estimate of drug-likeness (QED) is 0.279. The van der Waals surface area contributed by atoms with E-state index in [1.807, 2.05) is 59.2 Å². The first-order valence-corrected chi connectivity index (χ1v) is 10.9. The van der Waals surface area contributed by atoms with Crippen LogP contribution < -0.4 is 0 Å². The van der Waals surface area contributed by atoms with Crippen LogP contribution >= 0.6 is 11.8 Å². The first-order valence-electron chi connectivity index (χ1n) is 9.94. The summed E-state index contributed by atoms with van der Waals surface area (Å²) in [6.07, 6.45) is 3.43. The first kappa shape index (κ1) is 19.4. The molecule has 0 aliphatic carbocycles. The molecule has 0 bridgehead atoms. The Morgan fingerprint density at radius 2 is 1.90 bits per heavy atom. The highest BCUT2D eigenvalue weighted by Crippen LogP contribution is 2.28. The van der Waals surface area contributed by atoms with E-state index in [-0.39, 0.29) is 11.5 Å². The SMILES string of the molecule is Cc1ccccc1-c1nnc(SCC(=O)c2c[nH]c3ccccc23)n1Cc1ccco1. The van der Waals surface area contributed by atoms with Crippen LogP contribution in [0.2, 0.25) is 0 Å². The second-order valence-corrected chi connectivity index (χ2v) is 8.19. The van der Waals surface area contributed by atoms with Gasteiger partial charge in [-0.3, -0.25) is 9.36 Å². The summed E-state index contributed by atoms with van der Waals surface area (Å²) in [4.78, 5) is 16.1. The molecular formula is C24H20N4O2S. The lowest BCUT2D eigenvalue weighted by Gasteiger charge is -2.10. The first-order chi connectivity index (χ1) is 15.2. The van der Waals surface area contributed by atoms with Crippen molar-refractivity contribution < 1.29 is 9.21 Å². The highest BCUT2D eigenvalue weighted by molar-refractivity contribution is 7.99. The number of carbonyl (C=O) groups is 1. The molecule has 0 radical (unpaired) electrons. The summed E-state index contributed by atoms with van der Waals surface area (Å²) in [5.41, 5.74) is 3.77. The smallest absolute Gasteiger partial charge is 0.192 e. The molecule has 0 aliphatic rings. The van der Waals surface area contributed by atoms with Crippen LogP contribution in [0.5, 0.6) is 0 Å². The molecule has 3 heterocycles. The number of aromatic nitrogens is 4. The number of nitrogens with zero attached hydrogens (tertiary/aromatic N) is 3. The number of fused-ring (bicyclic) bond motifs is 1. The Kier molecular flexibility index (Phi) is 5.18. The number of carbonyl (C=O) groups excluding carboxylic acids is 1. The van der Waals surface area contributed by atoms with Crippen LogP contribution in [0.3, 0.4) is 0 Å². The fraction of sp³-hybridized carbons (Fsp3) is 0.125. The van der Waals surface area contributed by atoms with Gasteiger partial charge in [0.15, 0.2) is 16.8 Å². The number of furan rings is 1. The Morgan fingerprint density at radius 1 is 1.06 bits per heavy atom. The Hall–Kier alpha value is -3.58. The number of nitrogens with one attached hydrogen (secondary N) is 1. The molecule has 1 N–H and O–H groups in total. The van der Waals surface area contributed by atoms with Gasteiger partial charge in [-0.15, -0.1) is 10.2 Å². The lowest BCUT2D eigenvalue weighted by molar-refractivity contribution is 0.102. The molecule has 2 aromatic carbocycles. The zero-order valence-electron chi connectivity index (χ0n) is 16.9. The van der Waals surface area contributed by atoms with Gasteiger partial charge in [0.2, 0.25) is 0 Å². The van der Waals surface area contributed by atoms with E-state index in [4.69, 9.17) is 4.42 Å². The number of aryl methyl sites for hydroxylation is 1.